The predicted octanol–water partition coefficient (Wildman–Crippen LogP) is 3.18. The molecule has 0 aliphatic carbocycles. The van der Waals surface area contributed by atoms with Crippen molar-refractivity contribution in [2.24, 2.45) is 0 Å². The van der Waals surface area contributed by atoms with Gasteiger partial charge in [-0.05, 0) is 31.5 Å². The van der Waals surface area contributed by atoms with Gasteiger partial charge in [0.25, 0.3) is 5.56 Å². The third-order valence-corrected chi connectivity index (χ3v) is 3.85. The maximum absolute atomic E-state index is 12.8. The average molecular weight is 347 g/mol. The van der Waals surface area contributed by atoms with Crippen molar-refractivity contribution < 1.29 is 13.9 Å². The van der Waals surface area contributed by atoms with Gasteiger partial charge in [-0.25, -0.2) is 9.78 Å². The lowest BCUT2D eigenvalue weighted by atomic mass is 10.2. The molecule has 0 N–H and O–H groups in total. The number of rotatable bonds is 4. The van der Waals surface area contributed by atoms with Crippen molar-refractivity contribution in [2.45, 2.75) is 20.4 Å². The molecule has 0 saturated carbocycles. The molecule has 3 rings (SSSR count). The number of hydrogen-bond donors (Lipinski definition) is 0. The molecule has 2 heterocycles. The average Bonchev–Trinajstić information content (AvgIpc) is 2.89. The Bertz CT molecular complexity index is 957. The van der Waals surface area contributed by atoms with Crippen LogP contribution in [0.3, 0.4) is 0 Å². The van der Waals surface area contributed by atoms with Crippen molar-refractivity contribution in [3.8, 4) is 0 Å². The Kier molecular flexibility index (Phi) is 4.40. The summed E-state index contributed by atoms with van der Waals surface area (Å²) >= 11 is 5.87. The van der Waals surface area contributed by atoms with Gasteiger partial charge in [0.05, 0.1) is 13.2 Å². The Hall–Kier alpha value is -2.60. The molecule has 6 nitrogen and oxygen atoms in total. The van der Waals surface area contributed by atoms with E-state index in [1.165, 1.54) is 10.9 Å². The predicted molar refractivity (Wildman–Crippen MR) is 89.5 cm³/mol. The van der Waals surface area contributed by atoms with Gasteiger partial charge in [0.1, 0.15) is 23.0 Å². The van der Waals surface area contributed by atoms with Crippen LogP contribution in [0.25, 0.3) is 11.1 Å². The number of halogens is 1. The highest BCUT2D eigenvalue weighted by Crippen LogP contribution is 2.22. The molecular weight excluding hydrogens is 332 g/mol. The van der Waals surface area contributed by atoms with Crippen LogP contribution in [0.5, 0.6) is 0 Å². The van der Waals surface area contributed by atoms with E-state index in [2.05, 4.69) is 4.98 Å². The van der Waals surface area contributed by atoms with Crippen molar-refractivity contribution in [1.29, 1.82) is 0 Å². The molecule has 124 valence electrons. The second kappa shape index (κ2) is 6.49. The third kappa shape index (κ3) is 2.92. The smallest absolute Gasteiger partial charge is 0.342 e. The number of carbonyl (C=O) groups is 1. The monoisotopic (exact) mass is 346 g/mol. The lowest BCUT2D eigenvalue weighted by Crippen LogP contribution is -2.22. The van der Waals surface area contributed by atoms with Crippen LogP contribution in [0.2, 0.25) is 5.02 Å². The molecule has 0 radical (unpaired) electrons. The number of esters is 1. The molecule has 0 aliphatic rings. The van der Waals surface area contributed by atoms with Gasteiger partial charge in [0, 0.05) is 5.02 Å². The fourth-order valence-electron chi connectivity index (χ4n) is 2.49. The van der Waals surface area contributed by atoms with Crippen LogP contribution >= 0.6 is 11.6 Å². The van der Waals surface area contributed by atoms with Crippen LogP contribution in [0, 0.1) is 6.92 Å². The Labute approximate surface area is 142 Å². The maximum atomic E-state index is 12.8. The number of aryl methyl sites for hydroxylation is 1. The summed E-state index contributed by atoms with van der Waals surface area (Å²) in [4.78, 5) is 29.0. The van der Waals surface area contributed by atoms with E-state index in [9.17, 15) is 9.59 Å². The van der Waals surface area contributed by atoms with Gasteiger partial charge >= 0.3 is 5.97 Å². The van der Waals surface area contributed by atoms with Gasteiger partial charge in [-0.3, -0.25) is 9.36 Å². The molecule has 0 spiro atoms. The quantitative estimate of drug-likeness (QED) is 0.678. The molecule has 0 amide bonds. The van der Waals surface area contributed by atoms with Crippen molar-refractivity contribution in [3.63, 3.8) is 0 Å². The summed E-state index contributed by atoms with van der Waals surface area (Å²) in [5, 5.41) is 0.761. The standard InChI is InChI=1S/C17H15ClN2O4/c1-3-23-17(22)13-10(2)24-15-14(13)16(21)20(9-19-15)8-11-4-6-12(18)7-5-11/h4-7,9H,3,8H2,1-2H3. The maximum Gasteiger partial charge on any atom is 0.342 e. The molecule has 0 aliphatic heterocycles. The first-order valence-corrected chi connectivity index (χ1v) is 7.79. The lowest BCUT2D eigenvalue weighted by Gasteiger charge is -2.06. The Balaban J connectivity index is 2.09. The van der Waals surface area contributed by atoms with E-state index >= 15 is 0 Å². The van der Waals surface area contributed by atoms with Crippen molar-refractivity contribution in [1.82, 2.24) is 9.55 Å². The van der Waals surface area contributed by atoms with Gasteiger partial charge in [-0.15, -0.1) is 0 Å². The van der Waals surface area contributed by atoms with Gasteiger partial charge in [0.2, 0.25) is 5.71 Å². The molecule has 0 unspecified atom stereocenters. The largest absolute Gasteiger partial charge is 0.462 e. The number of fused-ring (bicyclic) bond motifs is 1. The summed E-state index contributed by atoms with van der Waals surface area (Å²) in [6.07, 6.45) is 1.40. The molecular formula is C17H15ClN2O4. The van der Waals surface area contributed by atoms with Crippen LogP contribution in [0.4, 0.5) is 0 Å². The van der Waals surface area contributed by atoms with Crippen molar-refractivity contribution >= 4 is 28.7 Å². The summed E-state index contributed by atoms with van der Waals surface area (Å²) in [6, 6.07) is 7.15. The molecule has 3 aromatic rings. The van der Waals surface area contributed by atoms with Gasteiger partial charge in [-0.1, -0.05) is 23.7 Å². The molecule has 24 heavy (non-hydrogen) atoms. The van der Waals surface area contributed by atoms with E-state index in [0.29, 0.717) is 17.3 Å². The second-order valence-electron chi connectivity index (χ2n) is 5.24. The van der Waals surface area contributed by atoms with Crippen molar-refractivity contribution in [3.05, 3.63) is 62.9 Å². The topological polar surface area (TPSA) is 74.3 Å². The first-order valence-electron chi connectivity index (χ1n) is 7.41. The van der Waals surface area contributed by atoms with E-state index in [-0.39, 0.29) is 28.8 Å². The van der Waals surface area contributed by atoms with E-state index in [0.717, 1.165) is 5.56 Å². The Morgan fingerprint density at radius 3 is 2.71 bits per heavy atom. The lowest BCUT2D eigenvalue weighted by molar-refractivity contribution is 0.0526. The zero-order valence-electron chi connectivity index (χ0n) is 13.2. The fraction of sp³-hybridized carbons (Fsp3) is 0.235. The van der Waals surface area contributed by atoms with Crippen molar-refractivity contribution in [2.75, 3.05) is 6.61 Å². The SMILES string of the molecule is CCOC(=O)c1c(C)oc2ncn(Cc3ccc(Cl)cc3)c(=O)c12. The Morgan fingerprint density at radius 1 is 1.33 bits per heavy atom. The van der Waals surface area contributed by atoms with Gasteiger partial charge in [0.15, 0.2) is 0 Å². The first kappa shape index (κ1) is 16.3. The fourth-order valence-corrected chi connectivity index (χ4v) is 2.61. The number of carbonyl (C=O) groups excluding carboxylic acids is 1. The summed E-state index contributed by atoms with van der Waals surface area (Å²) in [5.74, 6) is -0.269. The minimum Gasteiger partial charge on any atom is -0.462 e. The third-order valence-electron chi connectivity index (χ3n) is 3.60. The molecule has 2 aromatic heterocycles. The summed E-state index contributed by atoms with van der Waals surface area (Å²) in [5.41, 5.74) is 0.804. The van der Waals surface area contributed by atoms with Crippen LogP contribution in [0.1, 0.15) is 28.6 Å². The van der Waals surface area contributed by atoms with Gasteiger partial charge in [-0.2, -0.15) is 0 Å². The molecule has 0 fully saturated rings. The van der Waals surface area contributed by atoms with Gasteiger partial charge < -0.3 is 9.15 Å². The van der Waals surface area contributed by atoms with Crippen LogP contribution in [-0.4, -0.2) is 22.1 Å². The molecule has 0 saturated heterocycles. The minimum atomic E-state index is -0.586. The van der Waals surface area contributed by atoms with E-state index in [1.807, 2.05) is 12.1 Å². The number of furan rings is 1. The normalized spacial score (nSPS) is 11.0. The molecule has 1 aromatic carbocycles. The molecule has 7 heteroatoms. The number of hydrogen-bond acceptors (Lipinski definition) is 5. The number of benzene rings is 1. The highest BCUT2D eigenvalue weighted by atomic mass is 35.5. The van der Waals surface area contributed by atoms with Crippen LogP contribution in [0.15, 0.2) is 39.8 Å². The van der Waals surface area contributed by atoms with Crippen LogP contribution < -0.4 is 5.56 Å². The highest BCUT2D eigenvalue weighted by molar-refractivity contribution is 6.30. The minimum absolute atomic E-state index is 0.132. The van der Waals surface area contributed by atoms with E-state index < -0.39 is 5.97 Å². The molecule has 0 bridgehead atoms. The highest BCUT2D eigenvalue weighted by Gasteiger charge is 2.23. The second-order valence-corrected chi connectivity index (χ2v) is 5.67. The zero-order valence-corrected chi connectivity index (χ0v) is 14.0. The van der Waals surface area contributed by atoms with Crippen LogP contribution in [-0.2, 0) is 11.3 Å². The first-order chi connectivity index (χ1) is 11.5. The summed E-state index contributed by atoms with van der Waals surface area (Å²) in [6.45, 7) is 3.83. The summed E-state index contributed by atoms with van der Waals surface area (Å²) in [7, 11) is 0. The Morgan fingerprint density at radius 2 is 2.04 bits per heavy atom. The zero-order chi connectivity index (χ0) is 17.3. The number of aromatic nitrogens is 2. The van der Waals surface area contributed by atoms with E-state index in [4.69, 9.17) is 20.8 Å². The molecule has 0 atom stereocenters. The summed E-state index contributed by atoms with van der Waals surface area (Å²) < 4.78 is 11.9. The number of ether oxygens (including phenoxy) is 1. The van der Waals surface area contributed by atoms with E-state index in [1.54, 1.807) is 26.0 Å². The number of nitrogens with zero attached hydrogens (tertiary/aromatic N) is 2.